The van der Waals surface area contributed by atoms with Gasteiger partial charge in [0.2, 0.25) is 11.8 Å². The highest BCUT2D eigenvalue weighted by Gasteiger charge is 2.38. The Balaban J connectivity index is 1.11. The molecule has 276 valence electrons. The van der Waals surface area contributed by atoms with Crippen LogP contribution in [0.15, 0.2) is 42.5 Å². The second kappa shape index (κ2) is 16.4. The average molecular weight is 824 g/mol. The van der Waals surface area contributed by atoms with Gasteiger partial charge in [-0.05, 0) is 80.9 Å². The number of likely N-dealkylation sites (tertiary alicyclic amines) is 3. The molecule has 0 unspecified atom stereocenters. The standard InChI is InChI=1S/C36H45F3IN7O4/c37-36(38,39)28-20-24(22-40)8-9-30(28)41-34(50)42-31(33(49)46-18-10-26(11-19-46)44-14-4-1-5-15-44)21-32(48)45-16-12-27(13-17-45)47-23-25-6-2-3-7-29(25)43-35(47)51/h2-3,6-9,20,26-27,31H,1,4-5,10-19,21-23H2,(H,43,51)(H2,41,42,50)/t31-/m0/s1. The summed E-state index contributed by atoms with van der Waals surface area (Å²) in [7, 11) is 0. The van der Waals surface area contributed by atoms with Crippen molar-refractivity contribution in [3.8, 4) is 0 Å². The minimum absolute atomic E-state index is 0.0774. The summed E-state index contributed by atoms with van der Waals surface area (Å²) in [5.74, 6) is -0.767. The van der Waals surface area contributed by atoms with Crippen LogP contribution in [0.4, 0.5) is 34.1 Å². The number of hydrogen-bond acceptors (Lipinski definition) is 5. The Bertz CT molecular complexity index is 1590. The number of para-hydroxylation sites is 1. The molecule has 0 radical (unpaired) electrons. The summed E-state index contributed by atoms with van der Waals surface area (Å²) < 4.78 is 42.1. The number of urea groups is 2. The minimum atomic E-state index is -4.71. The number of carbonyl (C=O) groups excluding carboxylic acids is 4. The van der Waals surface area contributed by atoms with Crippen molar-refractivity contribution in [2.75, 3.05) is 49.9 Å². The highest BCUT2D eigenvalue weighted by molar-refractivity contribution is 14.1. The molecule has 4 aliphatic heterocycles. The first-order valence-corrected chi connectivity index (χ1v) is 19.3. The quantitative estimate of drug-likeness (QED) is 0.222. The fourth-order valence-corrected chi connectivity index (χ4v) is 8.21. The smallest absolute Gasteiger partial charge is 0.342 e. The third-order valence-corrected chi connectivity index (χ3v) is 11.5. The van der Waals surface area contributed by atoms with Crippen molar-refractivity contribution in [3.05, 3.63) is 59.2 Å². The first kappa shape index (κ1) is 37.2. The Morgan fingerprint density at radius 1 is 0.882 bits per heavy atom. The molecule has 6 rings (SSSR count). The molecule has 4 heterocycles. The molecule has 0 saturated carbocycles. The van der Waals surface area contributed by atoms with Crippen molar-refractivity contribution >= 4 is 57.8 Å². The number of nitrogens with zero attached hydrogens (tertiary/aromatic N) is 4. The Kier molecular flexibility index (Phi) is 11.9. The van der Waals surface area contributed by atoms with E-state index in [0.29, 0.717) is 61.6 Å². The van der Waals surface area contributed by atoms with Crippen LogP contribution in [0.1, 0.15) is 68.1 Å². The molecule has 4 aliphatic rings. The van der Waals surface area contributed by atoms with Gasteiger partial charge in [-0.2, -0.15) is 13.2 Å². The summed E-state index contributed by atoms with van der Waals surface area (Å²) in [4.78, 5) is 61.4. The molecule has 3 saturated heterocycles. The molecule has 2 aromatic rings. The van der Waals surface area contributed by atoms with Crippen LogP contribution < -0.4 is 16.0 Å². The molecule has 15 heteroatoms. The van der Waals surface area contributed by atoms with Gasteiger partial charge in [-0.25, -0.2) is 9.59 Å². The maximum absolute atomic E-state index is 14.0. The molecule has 51 heavy (non-hydrogen) atoms. The summed E-state index contributed by atoms with van der Waals surface area (Å²) in [5, 5.41) is 7.79. The monoisotopic (exact) mass is 823 g/mol. The maximum atomic E-state index is 14.0. The molecular weight excluding hydrogens is 778 g/mol. The summed E-state index contributed by atoms with van der Waals surface area (Å²) >= 11 is 1.97. The predicted octanol–water partition coefficient (Wildman–Crippen LogP) is 6.04. The third-order valence-electron chi connectivity index (χ3n) is 10.6. The lowest BCUT2D eigenvalue weighted by Crippen LogP contribution is -2.56. The van der Waals surface area contributed by atoms with Gasteiger partial charge < -0.3 is 35.6 Å². The third kappa shape index (κ3) is 9.07. The van der Waals surface area contributed by atoms with E-state index in [9.17, 15) is 32.3 Å². The van der Waals surface area contributed by atoms with Crippen LogP contribution in [0.5, 0.6) is 0 Å². The van der Waals surface area contributed by atoms with Gasteiger partial charge in [0.25, 0.3) is 0 Å². The zero-order chi connectivity index (χ0) is 36.1. The first-order valence-electron chi connectivity index (χ1n) is 17.8. The van der Waals surface area contributed by atoms with E-state index in [1.807, 2.05) is 46.9 Å². The van der Waals surface area contributed by atoms with Gasteiger partial charge in [0.1, 0.15) is 6.04 Å². The molecule has 0 bridgehead atoms. The summed E-state index contributed by atoms with van der Waals surface area (Å²) in [6.07, 6.45) is 1.16. The first-order chi connectivity index (χ1) is 24.5. The van der Waals surface area contributed by atoms with E-state index < -0.39 is 35.4 Å². The van der Waals surface area contributed by atoms with Gasteiger partial charge >= 0.3 is 18.2 Å². The highest BCUT2D eigenvalue weighted by Crippen LogP contribution is 2.36. The molecule has 3 N–H and O–H groups in total. The topological polar surface area (TPSA) is 117 Å². The number of anilines is 2. The number of piperidine rings is 3. The lowest BCUT2D eigenvalue weighted by molar-refractivity contribution is -0.140. The fourth-order valence-electron chi connectivity index (χ4n) is 7.74. The van der Waals surface area contributed by atoms with Crippen molar-refractivity contribution in [1.82, 2.24) is 24.9 Å². The lowest BCUT2D eigenvalue weighted by atomic mass is 9.98. The zero-order valence-electron chi connectivity index (χ0n) is 28.5. The minimum Gasteiger partial charge on any atom is -0.342 e. The van der Waals surface area contributed by atoms with Gasteiger partial charge in [-0.15, -0.1) is 0 Å². The van der Waals surface area contributed by atoms with E-state index in [1.54, 1.807) is 14.7 Å². The number of rotatable bonds is 8. The average Bonchev–Trinajstić information content (AvgIpc) is 3.14. The number of benzene rings is 2. The number of carbonyl (C=O) groups is 4. The van der Waals surface area contributed by atoms with Crippen molar-refractivity contribution in [2.45, 2.75) is 86.6 Å². The number of fused-ring (bicyclic) bond motifs is 1. The van der Waals surface area contributed by atoms with E-state index >= 15 is 0 Å². The Hall–Kier alpha value is -3.60. The van der Waals surface area contributed by atoms with Gasteiger partial charge in [-0.3, -0.25) is 9.59 Å². The molecular formula is C36H45F3IN7O4. The summed E-state index contributed by atoms with van der Waals surface area (Å²) in [5.41, 5.74) is 0.848. The van der Waals surface area contributed by atoms with E-state index in [0.717, 1.165) is 56.1 Å². The molecule has 11 nitrogen and oxygen atoms in total. The number of halogens is 4. The van der Waals surface area contributed by atoms with Crippen LogP contribution >= 0.6 is 22.6 Å². The Morgan fingerprint density at radius 2 is 1.55 bits per heavy atom. The van der Waals surface area contributed by atoms with Gasteiger partial charge in [0, 0.05) is 54.9 Å². The normalized spacial score (nSPS) is 20.0. The lowest BCUT2D eigenvalue weighted by Gasteiger charge is -2.41. The van der Waals surface area contributed by atoms with E-state index in [1.165, 1.54) is 18.6 Å². The number of amides is 6. The molecule has 0 aliphatic carbocycles. The molecule has 0 aromatic heterocycles. The molecule has 2 aromatic carbocycles. The summed E-state index contributed by atoms with van der Waals surface area (Å²) in [6.45, 7) is 4.22. The second-order valence-corrected chi connectivity index (χ2v) is 14.6. The van der Waals surface area contributed by atoms with Crippen LogP contribution in [0, 0.1) is 0 Å². The second-order valence-electron chi connectivity index (χ2n) is 13.8. The molecule has 0 spiro atoms. The number of hydrogen-bond donors (Lipinski definition) is 3. The van der Waals surface area contributed by atoms with E-state index in [2.05, 4.69) is 20.9 Å². The van der Waals surface area contributed by atoms with Crippen molar-refractivity contribution < 1.29 is 32.3 Å². The Morgan fingerprint density at radius 3 is 2.24 bits per heavy atom. The van der Waals surface area contributed by atoms with Crippen LogP contribution in [-0.2, 0) is 26.7 Å². The van der Waals surface area contributed by atoms with Gasteiger partial charge in [-0.1, -0.05) is 53.3 Å². The summed E-state index contributed by atoms with van der Waals surface area (Å²) in [6, 6.07) is 9.19. The number of alkyl halides is 4. The molecule has 6 amide bonds. The van der Waals surface area contributed by atoms with Crippen molar-refractivity contribution in [3.63, 3.8) is 0 Å². The van der Waals surface area contributed by atoms with Crippen LogP contribution in [0.25, 0.3) is 0 Å². The van der Waals surface area contributed by atoms with Crippen LogP contribution in [-0.4, -0.2) is 101 Å². The van der Waals surface area contributed by atoms with Gasteiger partial charge in [0.15, 0.2) is 0 Å². The van der Waals surface area contributed by atoms with Crippen LogP contribution in [0.2, 0.25) is 0 Å². The number of nitrogens with one attached hydrogen (secondary N) is 3. The fraction of sp³-hybridized carbons (Fsp3) is 0.556. The van der Waals surface area contributed by atoms with Crippen LogP contribution in [0.3, 0.4) is 0 Å². The Labute approximate surface area is 309 Å². The molecule has 3 fully saturated rings. The van der Waals surface area contributed by atoms with E-state index in [4.69, 9.17) is 0 Å². The van der Waals surface area contributed by atoms with Crippen molar-refractivity contribution in [2.24, 2.45) is 0 Å². The van der Waals surface area contributed by atoms with Gasteiger partial charge in [0.05, 0.1) is 17.7 Å². The highest BCUT2D eigenvalue weighted by atomic mass is 127. The molecule has 1 atom stereocenters. The largest absolute Gasteiger partial charge is 0.418 e. The predicted molar refractivity (Wildman–Crippen MR) is 195 cm³/mol. The SMILES string of the molecule is O=C(Nc1ccc(CI)cc1C(F)(F)F)N[C@@H](CC(=O)N1CCC(N2Cc3ccccc3NC2=O)CC1)C(=O)N1CCC(N2CCCCC2)CC1. The maximum Gasteiger partial charge on any atom is 0.418 e. The van der Waals surface area contributed by atoms with E-state index in [-0.39, 0.29) is 24.4 Å². The zero-order valence-corrected chi connectivity index (χ0v) is 30.7. The van der Waals surface area contributed by atoms with Crippen molar-refractivity contribution in [1.29, 1.82) is 0 Å².